The Bertz CT molecular complexity index is 1240. The van der Waals surface area contributed by atoms with Gasteiger partial charge in [0.1, 0.15) is 0 Å². The number of hydrogen-bond acceptors (Lipinski definition) is 6. The van der Waals surface area contributed by atoms with Gasteiger partial charge in [-0.3, -0.25) is 9.78 Å². The molecule has 5 rings (SSSR count). The van der Waals surface area contributed by atoms with Gasteiger partial charge in [0.25, 0.3) is 5.91 Å². The number of benzene rings is 2. The molecule has 3 aromatic rings. The number of aromatic nitrogens is 1. The maximum atomic E-state index is 13.1. The van der Waals surface area contributed by atoms with Crippen LogP contribution >= 0.6 is 0 Å². The van der Waals surface area contributed by atoms with Gasteiger partial charge in [0.2, 0.25) is 0 Å². The number of hydrogen-bond donors (Lipinski definition) is 1. The minimum absolute atomic E-state index is 0.131. The molecule has 32 heavy (non-hydrogen) atoms. The van der Waals surface area contributed by atoms with E-state index in [1.165, 1.54) is 18.2 Å². The molecule has 0 saturated carbocycles. The van der Waals surface area contributed by atoms with Crippen LogP contribution in [0.4, 0.5) is 14.5 Å². The molecule has 1 aliphatic heterocycles. The summed E-state index contributed by atoms with van der Waals surface area (Å²) in [5.41, 5.74) is 3.13. The number of ether oxygens (including phenoxy) is 3. The number of carbonyl (C=O) groups is 2. The first-order valence-electron chi connectivity index (χ1n) is 10.2. The Hall–Kier alpha value is -3.75. The molecular formula is C23H18F2N2O5. The molecule has 0 fully saturated rings. The van der Waals surface area contributed by atoms with Crippen molar-refractivity contribution in [3.05, 3.63) is 59.3 Å². The van der Waals surface area contributed by atoms with E-state index < -0.39 is 24.8 Å². The minimum atomic E-state index is -3.74. The van der Waals surface area contributed by atoms with Crippen LogP contribution in [0, 0.1) is 0 Å². The summed E-state index contributed by atoms with van der Waals surface area (Å²) in [7, 11) is 0. The molecule has 0 unspecified atom stereocenters. The standard InChI is InChI=1S/C23H18F2N2O5/c24-23(25)31-18-10-9-13(11-19(18)32-23)26-20(28)12-30-22(29)21-14-5-1-3-7-16(14)27-17-8-4-2-6-15(17)21/h1,3,5,7,9-11H,2,4,6,8,12H2,(H,26,28). The summed E-state index contributed by atoms with van der Waals surface area (Å²) in [6.45, 7) is -0.533. The van der Waals surface area contributed by atoms with E-state index in [0.29, 0.717) is 16.5 Å². The van der Waals surface area contributed by atoms with E-state index in [2.05, 4.69) is 19.8 Å². The van der Waals surface area contributed by atoms with Crippen molar-refractivity contribution in [1.29, 1.82) is 0 Å². The highest BCUT2D eigenvalue weighted by Crippen LogP contribution is 2.42. The number of carbonyl (C=O) groups excluding carboxylic acids is 2. The molecule has 2 aromatic carbocycles. The average molecular weight is 440 g/mol. The van der Waals surface area contributed by atoms with E-state index >= 15 is 0 Å². The predicted molar refractivity (Wildman–Crippen MR) is 110 cm³/mol. The molecule has 0 bridgehead atoms. The minimum Gasteiger partial charge on any atom is -0.452 e. The van der Waals surface area contributed by atoms with Crippen LogP contribution in [0.5, 0.6) is 11.5 Å². The van der Waals surface area contributed by atoms with E-state index in [-0.39, 0.29) is 17.2 Å². The van der Waals surface area contributed by atoms with Crippen molar-refractivity contribution in [1.82, 2.24) is 4.98 Å². The summed E-state index contributed by atoms with van der Waals surface area (Å²) >= 11 is 0. The van der Waals surface area contributed by atoms with Crippen molar-refractivity contribution in [3.8, 4) is 11.5 Å². The average Bonchev–Trinajstić information content (AvgIpc) is 3.08. The highest BCUT2D eigenvalue weighted by Gasteiger charge is 2.43. The molecule has 7 nitrogen and oxygen atoms in total. The molecule has 0 saturated heterocycles. The van der Waals surface area contributed by atoms with Gasteiger partial charge in [-0.1, -0.05) is 18.2 Å². The van der Waals surface area contributed by atoms with Crippen LogP contribution in [0.1, 0.15) is 34.5 Å². The van der Waals surface area contributed by atoms with Crippen molar-refractivity contribution in [2.45, 2.75) is 32.0 Å². The SMILES string of the molecule is O=C(COC(=O)c1c2c(nc3ccccc13)CCCC2)Nc1ccc2c(c1)OC(F)(F)O2. The summed E-state index contributed by atoms with van der Waals surface area (Å²) in [5, 5.41) is 3.19. The van der Waals surface area contributed by atoms with Crippen molar-refractivity contribution in [3.63, 3.8) is 0 Å². The van der Waals surface area contributed by atoms with Crippen molar-refractivity contribution in [2.24, 2.45) is 0 Å². The molecule has 0 spiro atoms. The van der Waals surface area contributed by atoms with Crippen LogP contribution in [0.2, 0.25) is 0 Å². The molecule has 0 radical (unpaired) electrons. The first kappa shape index (κ1) is 20.2. The monoisotopic (exact) mass is 440 g/mol. The second-order valence-electron chi connectivity index (χ2n) is 7.59. The van der Waals surface area contributed by atoms with E-state index in [9.17, 15) is 18.4 Å². The van der Waals surface area contributed by atoms with Gasteiger partial charge in [0.15, 0.2) is 18.1 Å². The number of alkyl halides is 2. The number of esters is 1. The van der Waals surface area contributed by atoms with Gasteiger partial charge in [-0.25, -0.2) is 4.79 Å². The molecule has 1 N–H and O–H groups in total. The zero-order valence-corrected chi connectivity index (χ0v) is 16.8. The Labute approximate surface area is 181 Å². The van der Waals surface area contributed by atoms with Crippen molar-refractivity contribution in [2.75, 3.05) is 11.9 Å². The molecular weight excluding hydrogens is 422 g/mol. The summed E-state index contributed by atoms with van der Waals surface area (Å²) < 4.78 is 40.3. The van der Waals surface area contributed by atoms with Gasteiger partial charge >= 0.3 is 12.3 Å². The molecule has 1 amide bonds. The highest BCUT2D eigenvalue weighted by molar-refractivity contribution is 6.06. The molecule has 164 valence electrons. The van der Waals surface area contributed by atoms with Crippen LogP contribution in [0.3, 0.4) is 0 Å². The van der Waals surface area contributed by atoms with Gasteiger partial charge in [0, 0.05) is 22.8 Å². The Morgan fingerprint density at radius 3 is 2.72 bits per heavy atom. The van der Waals surface area contributed by atoms with Crippen LogP contribution in [0.15, 0.2) is 42.5 Å². The number of nitrogens with zero attached hydrogens (tertiary/aromatic N) is 1. The Morgan fingerprint density at radius 2 is 1.84 bits per heavy atom. The Kier molecular flexibility index (Phi) is 4.88. The fraction of sp³-hybridized carbons (Fsp3) is 0.261. The summed E-state index contributed by atoms with van der Waals surface area (Å²) in [6, 6.07) is 11.2. The lowest BCUT2D eigenvalue weighted by Gasteiger charge is -2.19. The number of halogens is 2. The normalized spacial score (nSPS) is 15.8. The van der Waals surface area contributed by atoms with Gasteiger partial charge < -0.3 is 19.5 Å². The smallest absolute Gasteiger partial charge is 0.452 e. The second-order valence-corrected chi connectivity index (χ2v) is 7.59. The maximum Gasteiger partial charge on any atom is 0.586 e. The number of amides is 1. The third-order valence-electron chi connectivity index (χ3n) is 5.39. The fourth-order valence-electron chi connectivity index (χ4n) is 4.03. The van der Waals surface area contributed by atoms with E-state index in [0.717, 1.165) is 36.9 Å². The van der Waals surface area contributed by atoms with Gasteiger partial charge in [0.05, 0.1) is 11.1 Å². The zero-order chi connectivity index (χ0) is 22.3. The first-order chi connectivity index (χ1) is 15.4. The Balaban J connectivity index is 1.31. The van der Waals surface area contributed by atoms with E-state index in [1.54, 1.807) is 0 Å². The lowest BCUT2D eigenvalue weighted by atomic mass is 9.90. The van der Waals surface area contributed by atoms with Gasteiger partial charge in [-0.15, -0.1) is 8.78 Å². The van der Waals surface area contributed by atoms with Gasteiger partial charge in [-0.2, -0.15) is 0 Å². The van der Waals surface area contributed by atoms with Crippen LogP contribution in [0.25, 0.3) is 10.9 Å². The second kappa shape index (κ2) is 7.74. The Morgan fingerprint density at radius 1 is 1.06 bits per heavy atom. The summed E-state index contributed by atoms with van der Waals surface area (Å²) in [5.74, 6) is -1.54. The number of fused-ring (bicyclic) bond motifs is 3. The van der Waals surface area contributed by atoms with Crippen molar-refractivity contribution >= 4 is 28.5 Å². The summed E-state index contributed by atoms with van der Waals surface area (Å²) in [6.07, 6.45) is -0.254. The zero-order valence-electron chi connectivity index (χ0n) is 16.8. The topological polar surface area (TPSA) is 86.8 Å². The molecule has 1 aliphatic carbocycles. The third-order valence-corrected chi connectivity index (χ3v) is 5.39. The number of para-hydroxylation sites is 1. The summed E-state index contributed by atoms with van der Waals surface area (Å²) in [4.78, 5) is 30.0. The van der Waals surface area contributed by atoms with Gasteiger partial charge in [-0.05, 0) is 49.4 Å². The number of rotatable bonds is 4. The first-order valence-corrected chi connectivity index (χ1v) is 10.2. The predicted octanol–water partition coefficient (Wildman–Crippen LogP) is 4.23. The van der Waals surface area contributed by atoms with Crippen LogP contribution in [-0.2, 0) is 22.4 Å². The highest BCUT2D eigenvalue weighted by atomic mass is 19.3. The van der Waals surface area contributed by atoms with Crippen LogP contribution in [-0.4, -0.2) is 29.8 Å². The van der Waals surface area contributed by atoms with Crippen LogP contribution < -0.4 is 14.8 Å². The molecule has 9 heteroatoms. The number of nitrogens with one attached hydrogen (secondary N) is 1. The van der Waals surface area contributed by atoms with Crippen molar-refractivity contribution < 1.29 is 32.6 Å². The quantitative estimate of drug-likeness (QED) is 0.611. The number of anilines is 1. The van der Waals surface area contributed by atoms with E-state index in [1.807, 2.05) is 24.3 Å². The largest absolute Gasteiger partial charge is 0.586 e. The molecule has 1 aromatic heterocycles. The van der Waals surface area contributed by atoms with E-state index in [4.69, 9.17) is 4.74 Å². The molecule has 0 atom stereocenters. The lowest BCUT2D eigenvalue weighted by molar-refractivity contribution is -0.286. The molecule has 2 aliphatic rings. The maximum absolute atomic E-state index is 13.1. The number of aryl methyl sites for hydroxylation is 1. The fourth-order valence-corrected chi connectivity index (χ4v) is 4.03. The lowest BCUT2D eigenvalue weighted by Crippen LogP contribution is -2.25. The number of pyridine rings is 1. The third kappa shape index (κ3) is 3.81. The molecule has 2 heterocycles.